The van der Waals surface area contributed by atoms with E-state index in [0.29, 0.717) is 0 Å². The summed E-state index contributed by atoms with van der Waals surface area (Å²) >= 11 is -1.94. The predicted octanol–water partition coefficient (Wildman–Crippen LogP) is 3.26. The lowest BCUT2D eigenvalue weighted by atomic mass is 10.3. The summed E-state index contributed by atoms with van der Waals surface area (Å²) in [5.74, 6) is -10.1. The second-order valence-corrected chi connectivity index (χ2v) is 4.30. The van der Waals surface area contributed by atoms with Crippen LogP contribution in [-0.4, -0.2) is 13.2 Å². The molecule has 0 aromatic heterocycles. The Bertz CT molecular complexity index is 406. The fourth-order valence-electron chi connectivity index (χ4n) is 1.10. The Morgan fingerprint density at radius 3 is 1.39 bits per heavy atom. The number of hydrogen-bond donors (Lipinski definition) is 0. The number of rotatable bonds is 5. The lowest BCUT2D eigenvalue weighted by molar-refractivity contribution is 0.275. The van der Waals surface area contributed by atoms with Gasteiger partial charge in [-0.1, -0.05) is 0 Å². The molecule has 1 rings (SSSR count). The summed E-state index contributed by atoms with van der Waals surface area (Å²) < 4.78 is 75.3. The first-order chi connectivity index (χ1) is 8.45. The van der Waals surface area contributed by atoms with E-state index in [2.05, 4.69) is 0 Å². The molecule has 0 radical (unpaired) electrons. The topological polar surface area (TPSA) is 18.5 Å². The van der Waals surface area contributed by atoms with Crippen LogP contribution in [0.1, 0.15) is 13.8 Å². The van der Waals surface area contributed by atoms with Gasteiger partial charge in [0.25, 0.3) is 0 Å². The lowest BCUT2D eigenvalue weighted by Crippen LogP contribution is -2.18. The highest BCUT2D eigenvalue weighted by Gasteiger charge is 2.41. The summed E-state index contributed by atoms with van der Waals surface area (Å²) in [4.78, 5) is -1.09. The van der Waals surface area contributed by atoms with Crippen LogP contribution in [0, 0.1) is 29.1 Å². The Labute approximate surface area is 103 Å². The van der Waals surface area contributed by atoms with Gasteiger partial charge in [0.2, 0.25) is 29.1 Å². The largest absolute Gasteiger partial charge is 0.363 e. The van der Waals surface area contributed by atoms with Crippen molar-refractivity contribution in [1.82, 2.24) is 0 Å². The van der Waals surface area contributed by atoms with Gasteiger partial charge in [-0.3, -0.25) is 0 Å². The van der Waals surface area contributed by atoms with E-state index in [1.807, 2.05) is 0 Å². The first kappa shape index (κ1) is 15.2. The van der Waals surface area contributed by atoms with E-state index in [0.717, 1.165) is 0 Å². The van der Waals surface area contributed by atoms with Crippen molar-refractivity contribution in [3.8, 4) is 0 Å². The van der Waals surface area contributed by atoms with E-state index in [1.165, 1.54) is 13.8 Å². The minimum atomic E-state index is -2.20. The molecule has 0 aliphatic carbocycles. The second-order valence-electron chi connectivity index (χ2n) is 2.95. The van der Waals surface area contributed by atoms with Crippen LogP contribution in [-0.2, 0) is 19.8 Å². The molecule has 0 amide bonds. The maximum Gasteiger partial charge on any atom is 0.363 e. The molecule has 0 bridgehead atoms. The molecule has 18 heavy (non-hydrogen) atoms. The van der Waals surface area contributed by atoms with Crippen LogP contribution >= 0.6 is 0 Å². The molecule has 0 spiro atoms. The molecular weight excluding hydrogens is 279 g/mol. The number of halogens is 5. The zero-order chi connectivity index (χ0) is 13.9. The van der Waals surface area contributed by atoms with Gasteiger partial charge in [0, 0.05) is 0 Å². The molecule has 0 saturated heterocycles. The normalized spacial score (nSPS) is 11.3. The van der Waals surface area contributed by atoms with Gasteiger partial charge in [-0.05, 0) is 13.8 Å². The molecule has 2 nitrogen and oxygen atoms in total. The molecule has 0 atom stereocenters. The zero-order valence-corrected chi connectivity index (χ0v) is 10.3. The van der Waals surface area contributed by atoms with Gasteiger partial charge in [0.05, 0.1) is 0 Å². The zero-order valence-electron chi connectivity index (χ0n) is 9.53. The minimum absolute atomic E-state index is 0.00258. The van der Waals surface area contributed by atoms with Crippen LogP contribution in [0.25, 0.3) is 0 Å². The average molecular weight is 289 g/mol. The predicted molar refractivity (Wildman–Crippen MR) is 55.1 cm³/mol. The fraction of sp³-hybridized carbons (Fsp3) is 0.400. The molecule has 1 aromatic rings. The highest BCUT2D eigenvalue weighted by atomic mass is 32.2. The molecular formula is C10H10F5O2S+. The summed E-state index contributed by atoms with van der Waals surface area (Å²) in [7, 11) is 0. The monoisotopic (exact) mass is 289 g/mol. The molecule has 0 aliphatic heterocycles. The molecule has 102 valence electrons. The van der Waals surface area contributed by atoms with Crippen molar-refractivity contribution in [2.24, 2.45) is 0 Å². The van der Waals surface area contributed by atoms with Gasteiger partial charge in [-0.2, -0.15) is 8.78 Å². The quantitative estimate of drug-likeness (QED) is 0.358. The van der Waals surface area contributed by atoms with Crippen LogP contribution in [0.5, 0.6) is 0 Å². The molecule has 0 unspecified atom stereocenters. The second kappa shape index (κ2) is 6.35. The van der Waals surface area contributed by atoms with Crippen LogP contribution in [0.3, 0.4) is 0 Å². The van der Waals surface area contributed by atoms with Crippen molar-refractivity contribution in [2.75, 3.05) is 13.2 Å². The molecule has 0 heterocycles. The molecule has 8 heteroatoms. The Kier molecular flexibility index (Phi) is 5.36. The smallest absolute Gasteiger partial charge is 0.200 e. The highest BCUT2D eigenvalue weighted by Crippen LogP contribution is 2.29. The summed E-state index contributed by atoms with van der Waals surface area (Å²) in [5, 5.41) is 0. The molecule has 0 fully saturated rings. The van der Waals surface area contributed by atoms with E-state index in [4.69, 9.17) is 8.37 Å². The number of hydrogen-bond acceptors (Lipinski definition) is 2. The lowest BCUT2D eigenvalue weighted by Gasteiger charge is -2.06. The third-order valence-corrected chi connectivity index (χ3v) is 3.38. The van der Waals surface area contributed by atoms with Crippen molar-refractivity contribution >= 4 is 11.5 Å². The molecule has 0 N–H and O–H groups in total. The van der Waals surface area contributed by atoms with Gasteiger partial charge >= 0.3 is 16.4 Å². The maximum atomic E-state index is 13.4. The van der Waals surface area contributed by atoms with E-state index in [1.54, 1.807) is 0 Å². The van der Waals surface area contributed by atoms with Gasteiger partial charge < -0.3 is 0 Å². The fourth-order valence-corrected chi connectivity index (χ4v) is 2.30. The Morgan fingerprint density at radius 2 is 1.06 bits per heavy atom. The van der Waals surface area contributed by atoms with E-state index >= 15 is 0 Å². The van der Waals surface area contributed by atoms with Crippen molar-refractivity contribution in [1.29, 1.82) is 0 Å². The Hall–Kier alpha value is -0.860. The third-order valence-electron chi connectivity index (χ3n) is 1.79. The molecule has 0 aliphatic rings. The summed E-state index contributed by atoms with van der Waals surface area (Å²) in [6, 6.07) is 0. The average Bonchev–Trinajstić information content (AvgIpc) is 2.35. The standard InChI is InChI=1S/C10H10F5O2S/c1-3-16-18(17-4-2)10-8(14)6(12)5(11)7(13)9(10)15/h3-4H2,1-2H3/q+1. The van der Waals surface area contributed by atoms with Crippen molar-refractivity contribution in [3.63, 3.8) is 0 Å². The summed E-state index contributed by atoms with van der Waals surface area (Å²) in [5.41, 5.74) is 0. The summed E-state index contributed by atoms with van der Waals surface area (Å²) in [6.07, 6.45) is 0. The van der Waals surface area contributed by atoms with Crippen molar-refractivity contribution in [2.45, 2.75) is 18.7 Å². The van der Waals surface area contributed by atoms with Crippen molar-refractivity contribution < 1.29 is 30.3 Å². The van der Waals surface area contributed by atoms with Crippen molar-refractivity contribution in [3.05, 3.63) is 29.1 Å². The number of benzene rings is 1. The molecule has 1 aromatic carbocycles. The van der Waals surface area contributed by atoms with Crippen LogP contribution in [0.2, 0.25) is 0 Å². The van der Waals surface area contributed by atoms with Crippen LogP contribution in [0.15, 0.2) is 4.90 Å². The Morgan fingerprint density at radius 1 is 0.722 bits per heavy atom. The van der Waals surface area contributed by atoms with E-state index in [9.17, 15) is 22.0 Å². The van der Waals surface area contributed by atoms with E-state index < -0.39 is 45.4 Å². The van der Waals surface area contributed by atoms with Gasteiger partial charge in [-0.25, -0.2) is 13.2 Å². The first-order valence-corrected chi connectivity index (χ1v) is 6.05. The Balaban J connectivity index is 3.37. The van der Waals surface area contributed by atoms with Crippen LogP contribution in [0.4, 0.5) is 22.0 Å². The van der Waals surface area contributed by atoms with Gasteiger partial charge in [-0.15, -0.1) is 8.37 Å². The van der Waals surface area contributed by atoms with Gasteiger partial charge in [0.15, 0.2) is 0 Å². The van der Waals surface area contributed by atoms with E-state index in [-0.39, 0.29) is 13.2 Å². The first-order valence-electron chi connectivity index (χ1n) is 4.97. The minimum Gasteiger partial charge on any atom is -0.200 e. The maximum absolute atomic E-state index is 13.4. The van der Waals surface area contributed by atoms with Crippen LogP contribution < -0.4 is 0 Å². The van der Waals surface area contributed by atoms with Gasteiger partial charge in [0.1, 0.15) is 13.2 Å². The molecule has 0 saturated carbocycles. The third kappa shape index (κ3) is 2.76. The summed E-state index contributed by atoms with van der Waals surface area (Å²) in [6.45, 7) is 3.02. The highest BCUT2D eigenvalue weighted by molar-refractivity contribution is 7.87. The SMILES string of the molecule is CCO[S+](OCC)c1c(F)c(F)c(F)c(F)c1F.